The number of hydrogen-bond donors (Lipinski definition) is 2. The third-order valence-electron chi connectivity index (χ3n) is 2.82. The Morgan fingerprint density at radius 3 is 2.79 bits per heavy atom. The van der Waals surface area contributed by atoms with E-state index < -0.39 is 0 Å². The van der Waals surface area contributed by atoms with E-state index in [-0.39, 0.29) is 5.91 Å². The van der Waals surface area contributed by atoms with E-state index in [0.717, 1.165) is 16.9 Å². The summed E-state index contributed by atoms with van der Waals surface area (Å²) in [7, 11) is 1.63. The fourth-order valence-electron chi connectivity index (χ4n) is 1.72. The molecule has 1 heterocycles. The molecule has 0 saturated carbocycles. The van der Waals surface area contributed by atoms with Gasteiger partial charge >= 0.3 is 0 Å². The molecule has 4 nitrogen and oxygen atoms in total. The van der Waals surface area contributed by atoms with Gasteiger partial charge in [0.15, 0.2) is 0 Å². The van der Waals surface area contributed by atoms with Crippen LogP contribution in [-0.2, 0) is 6.54 Å². The second kappa shape index (κ2) is 6.00. The lowest BCUT2D eigenvalue weighted by Crippen LogP contribution is -2.17. The normalized spacial score (nSPS) is 10.0. The zero-order valence-electron chi connectivity index (χ0n) is 11.1. The minimum atomic E-state index is -0.0827. The van der Waals surface area contributed by atoms with Crippen LogP contribution in [0.1, 0.15) is 21.6 Å². The van der Waals surface area contributed by atoms with Crippen LogP contribution in [-0.4, -0.2) is 17.9 Å². The Bertz CT molecular complexity index is 564. The first-order chi connectivity index (χ1) is 9.19. The number of pyridine rings is 1. The van der Waals surface area contributed by atoms with Gasteiger partial charge in [0.2, 0.25) is 0 Å². The first-order valence-electron chi connectivity index (χ1n) is 6.16. The summed E-state index contributed by atoms with van der Waals surface area (Å²) in [5, 5.41) is 5.89. The predicted octanol–water partition coefficient (Wildman–Crippen LogP) is 2.36. The molecule has 0 unspecified atom stereocenters. The number of carbonyl (C=O) groups is 1. The van der Waals surface area contributed by atoms with Crippen molar-refractivity contribution < 1.29 is 4.79 Å². The Hall–Kier alpha value is -2.36. The van der Waals surface area contributed by atoms with Crippen molar-refractivity contribution in [3.05, 3.63) is 59.4 Å². The van der Waals surface area contributed by atoms with E-state index in [4.69, 9.17) is 0 Å². The zero-order chi connectivity index (χ0) is 13.7. The van der Waals surface area contributed by atoms with E-state index in [2.05, 4.69) is 15.6 Å². The number of anilines is 1. The molecule has 2 N–H and O–H groups in total. The Balaban J connectivity index is 2.03. The molecule has 19 heavy (non-hydrogen) atoms. The molecule has 0 bridgehead atoms. The summed E-state index contributed by atoms with van der Waals surface area (Å²) in [6.07, 6.45) is 1.85. The van der Waals surface area contributed by atoms with Gasteiger partial charge < -0.3 is 10.6 Å². The number of nitrogens with one attached hydrogen (secondary N) is 2. The van der Waals surface area contributed by atoms with Gasteiger partial charge in [0.25, 0.3) is 5.91 Å². The van der Waals surface area contributed by atoms with Crippen LogP contribution >= 0.6 is 0 Å². The molecule has 1 aromatic carbocycles. The van der Waals surface area contributed by atoms with Gasteiger partial charge in [0.05, 0.1) is 0 Å². The van der Waals surface area contributed by atoms with Crippen molar-refractivity contribution in [1.82, 2.24) is 10.3 Å². The van der Waals surface area contributed by atoms with Crippen LogP contribution in [0.3, 0.4) is 0 Å². The Morgan fingerprint density at radius 1 is 1.26 bits per heavy atom. The summed E-state index contributed by atoms with van der Waals surface area (Å²) in [6.45, 7) is 2.65. The van der Waals surface area contributed by atoms with Gasteiger partial charge in [-0.1, -0.05) is 12.1 Å². The minimum absolute atomic E-state index is 0.0827. The highest BCUT2D eigenvalue weighted by atomic mass is 16.1. The van der Waals surface area contributed by atoms with Crippen LogP contribution in [0.5, 0.6) is 0 Å². The van der Waals surface area contributed by atoms with Gasteiger partial charge in [-0.05, 0) is 36.8 Å². The molecular formula is C15H17N3O. The van der Waals surface area contributed by atoms with E-state index in [1.165, 1.54) is 0 Å². The van der Waals surface area contributed by atoms with E-state index in [1.807, 2.05) is 43.5 Å². The van der Waals surface area contributed by atoms with E-state index in [9.17, 15) is 4.79 Å². The van der Waals surface area contributed by atoms with Gasteiger partial charge in [-0.3, -0.25) is 9.78 Å². The van der Waals surface area contributed by atoms with E-state index in [0.29, 0.717) is 12.1 Å². The number of aromatic nitrogens is 1. The molecule has 0 fully saturated rings. The van der Waals surface area contributed by atoms with Crippen molar-refractivity contribution in [2.24, 2.45) is 0 Å². The average Bonchev–Trinajstić information content (AvgIpc) is 2.46. The summed E-state index contributed by atoms with van der Waals surface area (Å²) in [5.74, 6) is -0.0827. The van der Waals surface area contributed by atoms with Crippen LogP contribution < -0.4 is 10.6 Å². The van der Waals surface area contributed by atoms with Gasteiger partial charge in [0.1, 0.15) is 0 Å². The number of rotatable bonds is 4. The second-order valence-electron chi connectivity index (χ2n) is 4.32. The maximum atomic E-state index is 11.5. The lowest BCUT2D eigenvalue weighted by atomic mass is 10.2. The van der Waals surface area contributed by atoms with Crippen LogP contribution in [0, 0.1) is 6.92 Å². The smallest absolute Gasteiger partial charge is 0.251 e. The summed E-state index contributed by atoms with van der Waals surface area (Å²) in [5.41, 5.74) is 3.68. The Labute approximate surface area is 112 Å². The SMILES string of the molecule is CNC(=O)c1cccc(NCc2ccc(C)nc2)c1. The largest absolute Gasteiger partial charge is 0.381 e. The molecule has 98 valence electrons. The molecule has 0 aliphatic rings. The second-order valence-corrected chi connectivity index (χ2v) is 4.32. The molecule has 0 aliphatic carbocycles. The van der Waals surface area contributed by atoms with Crippen molar-refractivity contribution in [3.63, 3.8) is 0 Å². The van der Waals surface area contributed by atoms with Gasteiger partial charge in [-0.2, -0.15) is 0 Å². The van der Waals surface area contributed by atoms with Crippen LogP contribution in [0.15, 0.2) is 42.6 Å². The van der Waals surface area contributed by atoms with Crippen molar-refractivity contribution in [3.8, 4) is 0 Å². The molecule has 0 saturated heterocycles. The molecule has 0 aliphatic heterocycles. The number of nitrogens with zero attached hydrogens (tertiary/aromatic N) is 1. The molecule has 1 amide bonds. The molecule has 2 rings (SSSR count). The van der Waals surface area contributed by atoms with Crippen LogP contribution in [0.25, 0.3) is 0 Å². The van der Waals surface area contributed by atoms with Crippen LogP contribution in [0.4, 0.5) is 5.69 Å². The highest BCUT2D eigenvalue weighted by molar-refractivity contribution is 5.94. The minimum Gasteiger partial charge on any atom is -0.381 e. The lowest BCUT2D eigenvalue weighted by Gasteiger charge is -2.08. The van der Waals surface area contributed by atoms with E-state index >= 15 is 0 Å². The molecule has 4 heteroatoms. The number of carbonyl (C=O) groups excluding carboxylic acids is 1. The summed E-state index contributed by atoms with van der Waals surface area (Å²) >= 11 is 0. The highest BCUT2D eigenvalue weighted by Crippen LogP contribution is 2.12. The van der Waals surface area contributed by atoms with Crippen molar-refractivity contribution in [2.75, 3.05) is 12.4 Å². The first kappa shape index (κ1) is 13.1. The van der Waals surface area contributed by atoms with Crippen LogP contribution in [0.2, 0.25) is 0 Å². The lowest BCUT2D eigenvalue weighted by molar-refractivity contribution is 0.0963. The predicted molar refractivity (Wildman–Crippen MR) is 76.1 cm³/mol. The Morgan fingerprint density at radius 2 is 2.11 bits per heavy atom. The maximum absolute atomic E-state index is 11.5. The first-order valence-corrected chi connectivity index (χ1v) is 6.16. The summed E-state index contributed by atoms with van der Waals surface area (Å²) in [6, 6.07) is 11.4. The maximum Gasteiger partial charge on any atom is 0.251 e. The molecular weight excluding hydrogens is 238 g/mol. The summed E-state index contributed by atoms with van der Waals surface area (Å²) < 4.78 is 0. The molecule has 1 aromatic heterocycles. The number of hydrogen-bond acceptors (Lipinski definition) is 3. The summed E-state index contributed by atoms with van der Waals surface area (Å²) in [4.78, 5) is 15.8. The van der Waals surface area contributed by atoms with Gasteiger partial charge in [-0.15, -0.1) is 0 Å². The third-order valence-corrected chi connectivity index (χ3v) is 2.82. The molecule has 0 atom stereocenters. The van der Waals surface area contributed by atoms with Crippen molar-refractivity contribution >= 4 is 11.6 Å². The quantitative estimate of drug-likeness (QED) is 0.881. The average molecular weight is 255 g/mol. The molecule has 0 spiro atoms. The molecule has 2 aromatic rings. The standard InChI is InChI=1S/C15H17N3O/c1-11-6-7-12(9-17-11)10-18-14-5-3-4-13(8-14)15(19)16-2/h3-9,18H,10H2,1-2H3,(H,16,19). The topological polar surface area (TPSA) is 54.0 Å². The third kappa shape index (κ3) is 3.55. The fourth-order valence-corrected chi connectivity index (χ4v) is 1.72. The van der Waals surface area contributed by atoms with Gasteiger partial charge in [0, 0.05) is 36.7 Å². The monoisotopic (exact) mass is 255 g/mol. The van der Waals surface area contributed by atoms with E-state index in [1.54, 1.807) is 13.1 Å². The van der Waals surface area contributed by atoms with Gasteiger partial charge in [-0.25, -0.2) is 0 Å². The fraction of sp³-hybridized carbons (Fsp3) is 0.200. The van der Waals surface area contributed by atoms with Crippen molar-refractivity contribution in [1.29, 1.82) is 0 Å². The number of aryl methyl sites for hydroxylation is 1. The Kier molecular flexibility index (Phi) is 4.13. The zero-order valence-corrected chi connectivity index (χ0v) is 11.1. The number of amides is 1. The molecule has 0 radical (unpaired) electrons. The van der Waals surface area contributed by atoms with Crippen molar-refractivity contribution in [2.45, 2.75) is 13.5 Å². The number of benzene rings is 1. The highest BCUT2D eigenvalue weighted by Gasteiger charge is 2.03.